The smallest absolute Gasteiger partial charge is 0.308 e. The zero-order valence-electron chi connectivity index (χ0n) is 13.7. The van der Waals surface area contributed by atoms with E-state index in [-0.39, 0.29) is 37.9 Å². The van der Waals surface area contributed by atoms with Gasteiger partial charge < -0.3 is 19.3 Å². The summed E-state index contributed by atoms with van der Waals surface area (Å²) in [5, 5.41) is 8.95. The van der Waals surface area contributed by atoms with Crippen molar-refractivity contribution in [1.82, 2.24) is 0 Å². The zero-order valence-corrected chi connectivity index (χ0v) is 13.7. The van der Waals surface area contributed by atoms with Gasteiger partial charge in [0.25, 0.3) is 0 Å². The van der Waals surface area contributed by atoms with Crippen molar-refractivity contribution in [3.8, 4) is 0 Å². The predicted molar refractivity (Wildman–Crippen MR) is 77.8 cm³/mol. The molecule has 7 nitrogen and oxygen atoms in total. The third-order valence-electron chi connectivity index (χ3n) is 2.83. The van der Waals surface area contributed by atoms with Crippen molar-refractivity contribution in [2.75, 3.05) is 13.2 Å². The molecule has 0 fully saturated rings. The average Bonchev–Trinajstić information content (AvgIpc) is 2.47. The summed E-state index contributed by atoms with van der Waals surface area (Å²) in [4.78, 5) is 34.2. The Morgan fingerprint density at radius 2 is 1.55 bits per heavy atom. The van der Waals surface area contributed by atoms with Crippen LogP contribution in [0.1, 0.15) is 47.0 Å². The molecule has 128 valence electrons. The lowest BCUT2D eigenvalue weighted by atomic mass is 10.1. The largest absolute Gasteiger partial charge is 0.463 e. The van der Waals surface area contributed by atoms with Crippen LogP contribution in [0.15, 0.2) is 0 Å². The Bertz CT molecular complexity index is 365. The quantitative estimate of drug-likeness (QED) is 0.477. The zero-order chi connectivity index (χ0) is 17.1. The SMILES string of the molecule is CCC(C)C(=O)OCC(C)OC(=O)CCC(=O)OCC(C)O. The molecule has 0 bridgehead atoms. The molecule has 0 aromatic rings. The summed E-state index contributed by atoms with van der Waals surface area (Å²) in [6.45, 7) is 6.62. The van der Waals surface area contributed by atoms with Gasteiger partial charge in [-0.25, -0.2) is 0 Å². The molecule has 22 heavy (non-hydrogen) atoms. The standard InChI is InChI=1S/C15H26O7/c1-5-10(2)15(19)21-9-12(4)22-14(18)7-6-13(17)20-8-11(3)16/h10-12,16H,5-9H2,1-4H3. The van der Waals surface area contributed by atoms with E-state index in [1.165, 1.54) is 6.92 Å². The molecular formula is C15H26O7. The summed E-state index contributed by atoms with van der Waals surface area (Å²) < 4.78 is 14.7. The van der Waals surface area contributed by atoms with E-state index in [9.17, 15) is 14.4 Å². The van der Waals surface area contributed by atoms with E-state index in [1.54, 1.807) is 13.8 Å². The van der Waals surface area contributed by atoms with Gasteiger partial charge in [0, 0.05) is 0 Å². The molecule has 0 aromatic carbocycles. The minimum Gasteiger partial charge on any atom is -0.463 e. The van der Waals surface area contributed by atoms with Gasteiger partial charge in [0.1, 0.15) is 19.3 Å². The summed E-state index contributed by atoms with van der Waals surface area (Å²) in [5.74, 6) is -1.66. The maximum atomic E-state index is 11.5. The number of hydrogen-bond acceptors (Lipinski definition) is 7. The number of esters is 3. The summed E-state index contributed by atoms with van der Waals surface area (Å²) in [6.07, 6.45) is -0.875. The van der Waals surface area contributed by atoms with Crippen LogP contribution >= 0.6 is 0 Å². The van der Waals surface area contributed by atoms with Crippen molar-refractivity contribution in [1.29, 1.82) is 0 Å². The number of ether oxygens (including phenoxy) is 3. The molecule has 0 aliphatic rings. The minimum atomic E-state index is -0.740. The lowest BCUT2D eigenvalue weighted by molar-refractivity contribution is -0.161. The van der Waals surface area contributed by atoms with E-state index >= 15 is 0 Å². The topological polar surface area (TPSA) is 99.1 Å². The van der Waals surface area contributed by atoms with Crippen LogP contribution in [0.3, 0.4) is 0 Å². The molecule has 0 aliphatic heterocycles. The Labute approximate surface area is 130 Å². The molecule has 0 aliphatic carbocycles. The molecule has 0 saturated carbocycles. The molecule has 1 N–H and O–H groups in total. The van der Waals surface area contributed by atoms with E-state index < -0.39 is 24.1 Å². The van der Waals surface area contributed by atoms with Crippen LogP contribution in [0.2, 0.25) is 0 Å². The monoisotopic (exact) mass is 318 g/mol. The highest BCUT2D eigenvalue weighted by Crippen LogP contribution is 2.05. The Kier molecular flexibility index (Phi) is 10.2. The fourth-order valence-corrected chi connectivity index (χ4v) is 1.32. The first-order valence-electron chi connectivity index (χ1n) is 7.46. The van der Waals surface area contributed by atoms with Crippen LogP contribution < -0.4 is 0 Å². The lowest BCUT2D eigenvalue weighted by Crippen LogP contribution is -2.25. The minimum absolute atomic E-state index is 0.0125. The molecule has 0 saturated heterocycles. The predicted octanol–water partition coefficient (Wildman–Crippen LogP) is 1.21. The number of carbonyl (C=O) groups is 3. The highest BCUT2D eigenvalue weighted by molar-refractivity contribution is 5.77. The van der Waals surface area contributed by atoms with Gasteiger partial charge in [-0.1, -0.05) is 13.8 Å². The first-order valence-corrected chi connectivity index (χ1v) is 7.46. The Morgan fingerprint density at radius 1 is 0.955 bits per heavy atom. The van der Waals surface area contributed by atoms with Crippen LogP contribution in [0.25, 0.3) is 0 Å². The molecule has 0 aromatic heterocycles. The number of rotatable bonds is 10. The van der Waals surface area contributed by atoms with E-state index in [4.69, 9.17) is 19.3 Å². The van der Waals surface area contributed by atoms with Crippen LogP contribution in [-0.2, 0) is 28.6 Å². The fraction of sp³-hybridized carbons (Fsp3) is 0.800. The van der Waals surface area contributed by atoms with Crippen LogP contribution in [0.4, 0.5) is 0 Å². The van der Waals surface area contributed by atoms with E-state index in [0.717, 1.165) is 0 Å². The van der Waals surface area contributed by atoms with Crippen LogP contribution in [0, 0.1) is 5.92 Å². The second-order valence-corrected chi connectivity index (χ2v) is 5.27. The van der Waals surface area contributed by atoms with Gasteiger partial charge in [-0.15, -0.1) is 0 Å². The number of aliphatic hydroxyl groups excluding tert-OH is 1. The Morgan fingerprint density at radius 3 is 2.09 bits per heavy atom. The number of carbonyl (C=O) groups excluding carboxylic acids is 3. The maximum absolute atomic E-state index is 11.5. The summed E-state index contributed by atoms with van der Waals surface area (Å²) >= 11 is 0. The lowest BCUT2D eigenvalue weighted by Gasteiger charge is -2.15. The second kappa shape index (κ2) is 11.0. The summed E-state index contributed by atoms with van der Waals surface area (Å²) in [5.41, 5.74) is 0. The molecule has 3 atom stereocenters. The van der Waals surface area contributed by atoms with Crippen LogP contribution in [-0.4, -0.2) is 48.4 Å². The summed E-state index contributed by atoms with van der Waals surface area (Å²) in [7, 11) is 0. The van der Waals surface area contributed by atoms with Crippen molar-refractivity contribution in [2.45, 2.75) is 59.2 Å². The normalized spacial score (nSPS) is 14.6. The molecule has 0 amide bonds. The van der Waals surface area contributed by atoms with E-state index in [1.807, 2.05) is 6.92 Å². The molecule has 0 rings (SSSR count). The third kappa shape index (κ3) is 10.1. The van der Waals surface area contributed by atoms with Crippen molar-refractivity contribution in [3.05, 3.63) is 0 Å². The van der Waals surface area contributed by atoms with Crippen molar-refractivity contribution in [2.24, 2.45) is 5.92 Å². The number of aliphatic hydroxyl groups is 1. The first kappa shape index (κ1) is 20.4. The van der Waals surface area contributed by atoms with Gasteiger partial charge in [0.05, 0.1) is 24.9 Å². The molecule has 7 heteroatoms. The van der Waals surface area contributed by atoms with Crippen molar-refractivity contribution in [3.63, 3.8) is 0 Å². The van der Waals surface area contributed by atoms with Gasteiger partial charge in [-0.05, 0) is 20.3 Å². The molecule has 0 heterocycles. The Hall–Kier alpha value is -1.63. The van der Waals surface area contributed by atoms with E-state index in [2.05, 4.69) is 0 Å². The Balaban J connectivity index is 3.87. The van der Waals surface area contributed by atoms with Crippen molar-refractivity contribution < 1.29 is 33.7 Å². The molecule has 3 unspecified atom stereocenters. The highest BCUT2D eigenvalue weighted by atomic mass is 16.6. The van der Waals surface area contributed by atoms with Gasteiger partial charge in [0.2, 0.25) is 0 Å². The van der Waals surface area contributed by atoms with E-state index in [0.29, 0.717) is 6.42 Å². The van der Waals surface area contributed by atoms with Gasteiger partial charge in [-0.2, -0.15) is 0 Å². The fourth-order valence-electron chi connectivity index (χ4n) is 1.32. The first-order chi connectivity index (χ1) is 10.3. The van der Waals surface area contributed by atoms with Gasteiger partial charge in [0.15, 0.2) is 0 Å². The number of hydrogen-bond donors (Lipinski definition) is 1. The molecule has 0 radical (unpaired) electrons. The third-order valence-corrected chi connectivity index (χ3v) is 2.83. The molecular weight excluding hydrogens is 292 g/mol. The van der Waals surface area contributed by atoms with Gasteiger partial charge >= 0.3 is 17.9 Å². The summed E-state index contributed by atoms with van der Waals surface area (Å²) in [6, 6.07) is 0. The maximum Gasteiger partial charge on any atom is 0.308 e. The van der Waals surface area contributed by atoms with Crippen molar-refractivity contribution >= 4 is 17.9 Å². The van der Waals surface area contributed by atoms with Gasteiger partial charge in [-0.3, -0.25) is 14.4 Å². The molecule has 0 spiro atoms. The second-order valence-electron chi connectivity index (χ2n) is 5.27. The van der Waals surface area contributed by atoms with Crippen LogP contribution in [0.5, 0.6) is 0 Å². The highest BCUT2D eigenvalue weighted by Gasteiger charge is 2.17. The average molecular weight is 318 g/mol.